The second-order valence-electron chi connectivity index (χ2n) is 3.81. The average Bonchev–Trinajstić information content (AvgIpc) is 2.72. The molecule has 1 aromatic heterocycles. The fourth-order valence-electron chi connectivity index (χ4n) is 1.69. The molecule has 0 atom stereocenters. The monoisotopic (exact) mass is 230 g/mol. The maximum atomic E-state index is 10.8. The number of aromatic nitrogens is 1. The van der Waals surface area contributed by atoms with Gasteiger partial charge in [-0.15, -0.1) is 0 Å². The maximum absolute atomic E-state index is 10.8. The first-order valence-corrected chi connectivity index (χ1v) is 5.43. The van der Waals surface area contributed by atoms with Crippen LogP contribution in [0.4, 0.5) is 0 Å². The molecule has 2 aromatic rings. The van der Waals surface area contributed by atoms with Crippen molar-refractivity contribution in [2.45, 2.75) is 6.42 Å². The number of nitrogens with two attached hydrogens (primary N) is 1. The zero-order valence-corrected chi connectivity index (χ0v) is 9.31. The van der Waals surface area contributed by atoms with E-state index in [1.807, 2.05) is 30.4 Å². The summed E-state index contributed by atoms with van der Waals surface area (Å²) in [5, 5.41) is 9.77. The van der Waals surface area contributed by atoms with E-state index in [4.69, 9.17) is 10.8 Å². The van der Waals surface area contributed by atoms with E-state index < -0.39 is 5.97 Å². The first-order valence-electron chi connectivity index (χ1n) is 5.43. The van der Waals surface area contributed by atoms with E-state index in [2.05, 4.69) is 4.98 Å². The molecule has 0 saturated heterocycles. The molecule has 17 heavy (non-hydrogen) atoms. The number of hydrogen-bond donors (Lipinski definition) is 3. The van der Waals surface area contributed by atoms with Gasteiger partial charge in [0.2, 0.25) is 0 Å². The van der Waals surface area contributed by atoms with Gasteiger partial charge in [-0.3, -0.25) is 0 Å². The number of H-pyrrole nitrogens is 1. The summed E-state index contributed by atoms with van der Waals surface area (Å²) < 4.78 is 0. The Balaban J connectivity index is 2.33. The number of carbonyl (C=O) groups is 1. The quantitative estimate of drug-likeness (QED) is 0.753. The highest BCUT2D eigenvalue weighted by molar-refractivity contribution is 5.94. The molecule has 4 heteroatoms. The Labute approximate surface area is 98.8 Å². The van der Waals surface area contributed by atoms with Crippen LogP contribution < -0.4 is 5.73 Å². The van der Waals surface area contributed by atoms with Crippen LogP contribution in [0.15, 0.2) is 30.3 Å². The summed E-state index contributed by atoms with van der Waals surface area (Å²) >= 11 is 0. The SMILES string of the molecule is NCCC=Cc1ccc2[nH]c(C(=O)O)cc2c1. The van der Waals surface area contributed by atoms with E-state index >= 15 is 0 Å². The van der Waals surface area contributed by atoms with Crippen molar-refractivity contribution in [1.29, 1.82) is 0 Å². The number of aromatic carboxylic acids is 1. The van der Waals surface area contributed by atoms with Crippen LogP contribution in [0.2, 0.25) is 0 Å². The van der Waals surface area contributed by atoms with Crippen molar-refractivity contribution < 1.29 is 9.90 Å². The molecule has 0 spiro atoms. The first-order chi connectivity index (χ1) is 8.20. The molecule has 0 aliphatic heterocycles. The van der Waals surface area contributed by atoms with E-state index in [1.165, 1.54) is 0 Å². The fraction of sp³-hybridized carbons (Fsp3) is 0.154. The molecule has 0 radical (unpaired) electrons. The van der Waals surface area contributed by atoms with Crippen molar-refractivity contribution in [2.24, 2.45) is 5.73 Å². The zero-order valence-electron chi connectivity index (χ0n) is 9.31. The maximum Gasteiger partial charge on any atom is 0.352 e. The molecule has 0 saturated carbocycles. The molecule has 0 bridgehead atoms. The number of nitrogens with one attached hydrogen (secondary N) is 1. The van der Waals surface area contributed by atoms with Crippen LogP contribution in [0.25, 0.3) is 17.0 Å². The molecule has 0 aliphatic carbocycles. The standard InChI is InChI=1S/C13H14N2O2/c14-6-2-1-3-9-4-5-11-10(7-9)8-12(15-11)13(16)17/h1,3-5,7-8,15H,2,6,14H2,(H,16,17). The molecule has 4 nitrogen and oxygen atoms in total. The predicted octanol–water partition coefficient (Wildman–Crippen LogP) is 2.23. The lowest BCUT2D eigenvalue weighted by Crippen LogP contribution is -1.94. The van der Waals surface area contributed by atoms with E-state index in [-0.39, 0.29) is 5.69 Å². The summed E-state index contributed by atoms with van der Waals surface area (Å²) in [6.07, 6.45) is 4.83. The molecule has 0 fully saturated rings. The highest BCUT2D eigenvalue weighted by atomic mass is 16.4. The minimum absolute atomic E-state index is 0.211. The summed E-state index contributed by atoms with van der Waals surface area (Å²) in [6, 6.07) is 7.41. The Morgan fingerprint density at radius 3 is 2.94 bits per heavy atom. The van der Waals surface area contributed by atoms with E-state index in [0.717, 1.165) is 22.9 Å². The third-order valence-corrected chi connectivity index (χ3v) is 2.52. The van der Waals surface area contributed by atoms with Crippen LogP contribution in [0, 0.1) is 0 Å². The van der Waals surface area contributed by atoms with Crippen LogP contribution >= 0.6 is 0 Å². The van der Waals surface area contributed by atoms with Gasteiger partial charge in [-0.05, 0) is 36.7 Å². The Hall–Kier alpha value is -2.07. The Bertz CT molecular complexity index is 570. The molecule has 1 heterocycles. The van der Waals surface area contributed by atoms with Gasteiger partial charge in [-0.1, -0.05) is 18.2 Å². The van der Waals surface area contributed by atoms with Crippen molar-refractivity contribution in [2.75, 3.05) is 6.54 Å². The average molecular weight is 230 g/mol. The Morgan fingerprint density at radius 1 is 1.41 bits per heavy atom. The smallest absolute Gasteiger partial charge is 0.352 e. The predicted molar refractivity (Wildman–Crippen MR) is 68.0 cm³/mol. The lowest BCUT2D eigenvalue weighted by Gasteiger charge is -1.94. The van der Waals surface area contributed by atoms with Crippen molar-refractivity contribution in [3.05, 3.63) is 41.6 Å². The van der Waals surface area contributed by atoms with Gasteiger partial charge in [0, 0.05) is 10.9 Å². The number of rotatable bonds is 4. The minimum atomic E-state index is -0.943. The molecule has 1 aromatic carbocycles. The lowest BCUT2D eigenvalue weighted by molar-refractivity contribution is 0.0691. The Kier molecular flexibility index (Phi) is 3.25. The second-order valence-corrected chi connectivity index (χ2v) is 3.81. The van der Waals surface area contributed by atoms with Crippen molar-refractivity contribution >= 4 is 22.9 Å². The van der Waals surface area contributed by atoms with Gasteiger partial charge in [0.05, 0.1) is 0 Å². The van der Waals surface area contributed by atoms with Crippen molar-refractivity contribution in [1.82, 2.24) is 4.98 Å². The van der Waals surface area contributed by atoms with Crippen LogP contribution in [0.1, 0.15) is 22.5 Å². The normalized spacial score (nSPS) is 11.4. The van der Waals surface area contributed by atoms with E-state index in [0.29, 0.717) is 6.54 Å². The first kappa shape index (κ1) is 11.4. The third kappa shape index (κ3) is 2.54. The third-order valence-electron chi connectivity index (χ3n) is 2.52. The lowest BCUT2D eigenvalue weighted by atomic mass is 10.1. The molecule has 0 aliphatic rings. The van der Waals surface area contributed by atoms with Gasteiger partial charge in [-0.25, -0.2) is 4.79 Å². The highest BCUT2D eigenvalue weighted by Gasteiger charge is 2.06. The highest BCUT2D eigenvalue weighted by Crippen LogP contribution is 2.18. The summed E-state index contributed by atoms with van der Waals surface area (Å²) in [6.45, 7) is 0.631. The summed E-state index contributed by atoms with van der Waals surface area (Å²) in [5.41, 5.74) is 7.48. The Morgan fingerprint density at radius 2 is 2.24 bits per heavy atom. The molecular formula is C13H14N2O2. The summed E-state index contributed by atoms with van der Waals surface area (Å²) in [5.74, 6) is -0.943. The van der Waals surface area contributed by atoms with Crippen LogP contribution in [-0.4, -0.2) is 22.6 Å². The molecule has 2 rings (SSSR count). The molecule has 0 amide bonds. The fourth-order valence-corrected chi connectivity index (χ4v) is 1.69. The van der Waals surface area contributed by atoms with Gasteiger partial charge in [-0.2, -0.15) is 0 Å². The van der Waals surface area contributed by atoms with Gasteiger partial charge in [0.25, 0.3) is 0 Å². The van der Waals surface area contributed by atoms with E-state index in [9.17, 15) is 4.79 Å². The molecular weight excluding hydrogens is 216 g/mol. The summed E-state index contributed by atoms with van der Waals surface area (Å²) in [4.78, 5) is 13.7. The van der Waals surface area contributed by atoms with Crippen molar-refractivity contribution in [3.8, 4) is 0 Å². The van der Waals surface area contributed by atoms with Gasteiger partial charge < -0.3 is 15.8 Å². The minimum Gasteiger partial charge on any atom is -0.477 e. The molecule has 4 N–H and O–H groups in total. The topological polar surface area (TPSA) is 79.1 Å². The number of carboxylic acids is 1. The van der Waals surface area contributed by atoms with Crippen LogP contribution in [-0.2, 0) is 0 Å². The van der Waals surface area contributed by atoms with Crippen LogP contribution in [0.3, 0.4) is 0 Å². The van der Waals surface area contributed by atoms with Crippen LogP contribution in [0.5, 0.6) is 0 Å². The zero-order chi connectivity index (χ0) is 12.3. The number of carboxylic acid groups (broad SMARTS) is 1. The molecule has 88 valence electrons. The number of benzene rings is 1. The number of hydrogen-bond acceptors (Lipinski definition) is 2. The van der Waals surface area contributed by atoms with Gasteiger partial charge >= 0.3 is 5.97 Å². The van der Waals surface area contributed by atoms with Gasteiger partial charge in [0.15, 0.2) is 0 Å². The second kappa shape index (κ2) is 4.84. The largest absolute Gasteiger partial charge is 0.477 e. The van der Waals surface area contributed by atoms with Gasteiger partial charge in [0.1, 0.15) is 5.69 Å². The van der Waals surface area contributed by atoms with E-state index in [1.54, 1.807) is 6.07 Å². The number of aromatic amines is 1. The number of fused-ring (bicyclic) bond motifs is 1. The van der Waals surface area contributed by atoms with Crippen molar-refractivity contribution in [3.63, 3.8) is 0 Å². The molecule has 0 unspecified atom stereocenters. The summed E-state index contributed by atoms with van der Waals surface area (Å²) in [7, 11) is 0.